The first-order chi connectivity index (χ1) is 7.06. The zero-order valence-corrected chi connectivity index (χ0v) is 9.85. The third kappa shape index (κ3) is 2.81. The minimum Gasteiger partial charge on any atom is -0.323 e. The molecule has 1 atom stereocenters. The predicted molar refractivity (Wildman–Crippen MR) is 60.8 cm³/mol. The van der Waals surface area contributed by atoms with Crippen molar-refractivity contribution >= 4 is 11.6 Å². The molecule has 0 fully saturated rings. The number of aromatic amines is 1. The van der Waals surface area contributed by atoms with E-state index in [-0.39, 0.29) is 11.8 Å². The van der Waals surface area contributed by atoms with E-state index in [4.69, 9.17) is 0 Å². The van der Waals surface area contributed by atoms with Crippen molar-refractivity contribution in [1.82, 2.24) is 10.2 Å². The number of hydrogen-bond donors (Lipinski definition) is 2. The Balaban J connectivity index is 2.66. The molecular formula is C11H19N3O. The highest BCUT2D eigenvalue weighted by atomic mass is 16.1. The second kappa shape index (κ2) is 4.96. The largest absolute Gasteiger partial charge is 0.323 e. The Kier molecular flexibility index (Phi) is 3.88. The van der Waals surface area contributed by atoms with E-state index in [2.05, 4.69) is 22.4 Å². The Morgan fingerprint density at radius 1 is 1.53 bits per heavy atom. The maximum absolute atomic E-state index is 11.8. The van der Waals surface area contributed by atoms with Gasteiger partial charge in [0, 0.05) is 5.92 Å². The summed E-state index contributed by atoms with van der Waals surface area (Å²) in [6.07, 6.45) is 1.94. The summed E-state index contributed by atoms with van der Waals surface area (Å²) in [6, 6.07) is 0. The minimum absolute atomic E-state index is 0.0590. The monoisotopic (exact) mass is 209 g/mol. The van der Waals surface area contributed by atoms with Gasteiger partial charge in [-0.2, -0.15) is 5.10 Å². The van der Waals surface area contributed by atoms with E-state index >= 15 is 0 Å². The molecule has 1 aromatic rings. The van der Waals surface area contributed by atoms with Gasteiger partial charge in [0.05, 0.1) is 17.1 Å². The van der Waals surface area contributed by atoms with Crippen molar-refractivity contribution < 1.29 is 4.79 Å². The number of hydrogen-bond acceptors (Lipinski definition) is 2. The van der Waals surface area contributed by atoms with Crippen molar-refractivity contribution in [3.63, 3.8) is 0 Å². The Bertz CT molecular complexity index is 324. The number of rotatable bonds is 4. The van der Waals surface area contributed by atoms with Crippen LogP contribution in [0.15, 0.2) is 0 Å². The van der Waals surface area contributed by atoms with Crippen LogP contribution in [0.4, 0.5) is 5.69 Å². The van der Waals surface area contributed by atoms with Crippen molar-refractivity contribution in [2.24, 2.45) is 5.92 Å². The SMILES string of the molecule is CCCC(C)C(=O)Nc1c(C)n[nH]c1C. The number of anilines is 1. The lowest BCUT2D eigenvalue weighted by Crippen LogP contribution is -2.20. The fraction of sp³-hybridized carbons (Fsp3) is 0.636. The number of carbonyl (C=O) groups is 1. The summed E-state index contributed by atoms with van der Waals surface area (Å²) in [5.41, 5.74) is 2.57. The van der Waals surface area contributed by atoms with Crippen molar-refractivity contribution in [3.8, 4) is 0 Å². The third-order valence-electron chi connectivity index (χ3n) is 2.55. The summed E-state index contributed by atoms with van der Waals surface area (Å²) < 4.78 is 0. The Morgan fingerprint density at radius 3 is 2.67 bits per heavy atom. The van der Waals surface area contributed by atoms with Gasteiger partial charge in [0.15, 0.2) is 0 Å². The second-order valence-corrected chi connectivity index (χ2v) is 3.99. The summed E-state index contributed by atoms with van der Waals surface area (Å²) in [5, 5.41) is 9.79. The van der Waals surface area contributed by atoms with Gasteiger partial charge in [-0.3, -0.25) is 9.89 Å². The van der Waals surface area contributed by atoms with Crippen LogP contribution in [0.3, 0.4) is 0 Å². The van der Waals surface area contributed by atoms with E-state index in [1.807, 2.05) is 20.8 Å². The maximum atomic E-state index is 11.8. The fourth-order valence-electron chi connectivity index (χ4n) is 1.55. The molecule has 0 aromatic carbocycles. The smallest absolute Gasteiger partial charge is 0.227 e. The lowest BCUT2D eigenvalue weighted by molar-refractivity contribution is -0.119. The highest BCUT2D eigenvalue weighted by Crippen LogP contribution is 2.17. The first-order valence-corrected chi connectivity index (χ1v) is 5.38. The van der Waals surface area contributed by atoms with Gasteiger partial charge in [-0.25, -0.2) is 0 Å². The average molecular weight is 209 g/mol. The van der Waals surface area contributed by atoms with E-state index < -0.39 is 0 Å². The molecule has 0 saturated carbocycles. The number of nitrogens with zero attached hydrogens (tertiary/aromatic N) is 1. The van der Waals surface area contributed by atoms with Gasteiger partial charge in [-0.15, -0.1) is 0 Å². The second-order valence-electron chi connectivity index (χ2n) is 3.99. The average Bonchev–Trinajstić information content (AvgIpc) is 2.49. The first kappa shape index (κ1) is 11.8. The fourth-order valence-corrected chi connectivity index (χ4v) is 1.55. The molecule has 4 heteroatoms. The number of carbonyl (C=O) groups excluding carboxylic acids is 1. The predicted octanol–water partition coefficient (Wildman–Crippen LogP) is 2.40. The number of aryl methyl sites for hydroxylation is 2. The number of aromatic nitrogens is 2. The van der Waals surface area contributed by atoms with Crippen LogP contribution in [-0.2, 0) is 4.79 Å². The molecule has 0 aliphatic heterocycles. The van der Waals surface area contributed by atoms with Crippen molar-refractivity contribution in [2.75, 3.05) is 5.32 Å². The molecule has 4 nitrogen and oxygen atoms in total. The van der Waals surface area contributed by atoms with Crippen molar-refractivity contribution in [2.45, 2.75) is 40.5 Å². The van der Waals surface area contributed by atoms with Crippen LogP contribution in [0.5, 0.6) is 0 Å². The highest BCUT2D eigenvalue weighted by Gasteiger charge is 2.15. The lowest BCUT2D eigenvalue weighted by atomic mass is 10.1. The molecule has 1 unspecified atom stereocenters. The van der Waals surface area contributed by atoms with Crippen LogP contribution in [0.25, 0.3) is 0 Å². The summed E-state index contributed by atoms with van der Waals surface area (Å²) in [5.74, 6) is 0.133. The zero-order chi connectivity index (χ0) is 11.4. The van der Waals surface area contributed by atoms with Gasteiger partial charge in [0.25, 0.3) is 0 Å². The molecule has 15 heavy (non-hydrogen) atoms. The molecule has 0 spiro atoms. The molecule has 1 heterocycles. The number of amides is 1. The molecule has 2 N–H and O–H groups in total. The van der Waals surface area contributed by atoms with E-state index in [1.54, 1.807) is 0 Å². The molecule has 1 rings (SSSR count). The third-order valence-corrected chi connectivity index (χ3v) is 2.55. The summed E-state index contributed by atoms with van der Waals surface area (Å²) in [4.78, 5) is 11.8. The molecule has 0 aliphatic rings. The van der Waals surface area contributed by atoms with Gasteiger partial charge in [0.1, 0.15) is 0 Å². The first-order valence-electron chi connectivity index (χ1n) is 5.38. The van der Waals surface area contributed by atoms with Gasteiger partial charge >= 0.3 is 0 Å². The molecule has 0 saturated heterocycles. The molecular weight excluding hydrogens is 190 g/mol. The molecule has 1 aromatic heterocycles. The van der Waals surface area contributed by atoms with E-state index in [9.17, 15) is 4.79 Å². The standard InChI is InChI=1S/C11H19N3O/c1-5-6-7(2)11(15)12-10-8(3)13-14-9(10)4/h7H,5-6H2,1-4H3,(H,12,15)(H,13,14). The minimum atomic E-state index is 0.0590. The van der Waals surface area contributed by atoms with E-state index in [1.165, 1.54) is 0 Å². The zero-order valence-electron chi connectivity index (χ0n) is 9.85. The van der Waals surface area contributed by atoms with Gasteiger partial charge in [0.2, 0.25) is 5.91 Å². The summed E-state index contributed by atoms with van der Waals surface area (Å²) >= 11 is 0. The van der Waals surface area contributed by atoms with Gasteiger partial charge < -0.3 is 5.32 Å². The summed E-state index contributed by atoms with van der Waals surface area (Å²) in [6.45, 7) is 7.81. The Labute approximate surface area is 90.5 Å². The molecule has 1 amide bonds. The topological polar surface area (TPSA) is 57.8 Å². The Morgan fingerprint density at radius 2 is 2.20 bits per heavy atom. The molecule has 84 valence electrons. The normalized spacial score (nSPS) is 12.5. The number of H-pyrrole nitrogens is 1. The van der Waals surface area contributed by atoms with Crippen LogP contribution in [-0.4, -0.2) is 16.1 Å². The van der Waals surface area contributed by atoms with E-state index in [0.717, 1.165) is 29.9 Å². The molecule has 0 aliphatic carbocycles. The van der Waals surface area contributed by atoms with Crippen LogP contribution in [0.1, 0.15) is 38.1 Å². The maximum Gasteiger partial charge on any atom is 0.227 e. The summed E-state index contributed by atoms with van der Waals surface area (Å²) in [7, 11) is 0. The van der Waals surface area contributed by atoms with Crippen LogP contribution in [0.2, 0.25) is 0 Å². The molecule has 0 radical (unpaired) electrons. The lowest BCUT2D eigenvalue weighted by Gasteiger charge is -2.10. The van der Waals surface area contributed by atoms with Crippen LogP contribution < -0.4 is 5.32 Å². The van der Waals surface area contributed by atoms with Gasteiger partial charge in [-0.05, 0) is 20.3 Å². The van der Waals surface area contributed by atoms with Crippen molar-refractivity contribution in [1.29, 1.82) is 0 Å². The van der Waals surface area contributed by atoms with E-state index in [0.29, 0.717) is 0 Å². The quantitative estimate of drug-likeness (QED) is 0.800. The molecule has 0 bridgehead atoms. The highest BCUT2D eigenvalue weighted by molar-refractivity contribution is 5.93. The van der Waals surface area contributed by atoms with Crippen LogP contribution >= 0.6 is 0 Å². The number of nitrogens with one attached hydrogen (secondary N) is 2. The van der Waals surface area contributed by atoms with Crippen molar-refractivity contribution in [3.05, 3.63) is 11.4 Å². The Hall–Kier alpha value is -1.32. The van der Waals surface area contributed by atoms with Crippen LogP contribution in [0, 0.1) is 19.8 Å². The van der Waals surface area contributed by atoms with Gasteiger partial charge in [-0.1, -0.05) is 20.3 Å².